The second-order valence-electron chi connectivity index (χ2n) is 4.92. The third-order valence-electron chi connectivity index (χ3n) is 3.56. The quantitative estimate of drug-likeness (QED) is 0.733. The molecule has 1 heterocycles. The number of nitrogen functional groups attached to an aromatic ring is 1. The van der Waals surface area contributed by atoms with Crippen LogP contribution in [0.5, 0.6) is 0 Å². The van der Waals surface area contributed by atoms with Crippen LogP contribution in [0.3, 0.4) is 0 Å². The Morgan fingerprint density at radius 2 is 1.86 bits per heavy atom. The number of carbonyl (C=O) groups is 1. The molecule has 0 aliphatic carbocycles. The number of fused-ring (bicyclic) bond motifs is 1. The maximum absolute atomic E-state index is 12.8. The van der Waals surface area contributed by atoms with Crippen LogP contribution < -0.4 is 10.6 Å². The number of rotatable bonds is 2. The summed E-state index contributed by atoms with van der Waals surface area (Å²) in [6.45, 7) is 0. The molecule has 5 heteroatoms. The first-order chi connectivity index (χ1) is 10.6. The third-order valence-corrected chi connectivity index (χ3v) is 3.88. The second-order valence-corrected chi connectivity index (χ2v) is 5.33. The van der Waals surface area contributed by atoms with Crippen molar-refractivity contribution in [2.75, 3.05) is 17.7 Å². The van der Waals surface area contributed by atoms with E-state index in [1.807, 2.05) is 30.3 Å². The van der Waals surface area contributed by atoms with E-state index in [1.54, 1.807) is 36.3 Å². The summed E-state index contributed by atoms with van der Waals surface area (Å²) in [6, 6.07) is 14.5. The number of carbonyl (C=O) groups excluding carboxylic acids is 1. The SMILES string of the molecule is CN(C(=O)c1nccc2c(N)ccc(Cl)c12)c1ccccc1. The number of nitrogens with zero attached hydrogens (tertiary/aromatic N) is 2. The number of aromatic nitrogens is 1. The number of benzene rings is 2. The van der Waals surface area contributed by atoms with Crippen molar-refractivity contribution in [3.05, 3.63) is 65.4 Å². The van der Waals surface area contributed by atoms with Crippen molar-refractivity contribution in [1.29, 1.82) is 0 Å². The van der Waals surface area contributed by atoms with Gasteiger partial charge in [-0.05, 0) is 30.3 Å². The van der Waals surface area contributed by atoms with Crippen LogP contribution >= 0.6 is 11.6 Å². The average Bonchev–Trinajstić information content (AvgIpc) is 2.57. The highest BCUT2D eigenvalue weighted by molar-refractivity contribution is 6.37. The fourth-order valence-corrected chi connectivity index (χ4v) is 2.62. The monoisotopic (exact) mass is 311 g/mol. The minimum atomic E-state index is -0.232. The van der Waals surface area contributed by atoms with E-state index in [2.05, 4.69) is 4.98 Å². The maximum atomic E-state index is 12.8. The third kappa shape index (κ3) is 2.38. The van der Waals surface area contributed by atoms with Crippen LogP contribution in [0.1, 0.15) is 10.5 Å². The van der Waals surface area contributed by atoms with Gasteiger partial charge in [-0.1, -0.05) is 29.8 Å². The molecule has 0 saturated heterocycles. The van der Waals surface area contributed by atoms with Gasteiger partial charge in [0.2, 0.25) is 0 Å². The molecule has 0 spiro atoms. The van der Waals surface area contributed by atoms with Crippen molar-refractivity contribution in [2.45, 2.75) is 0 Å². The van der Waals surface area contributed by atoms with Crippen LogP contribution in [0.4, 0.5) is 11.4 Å². The molecule has 4 nitrogen and oxygen atoms in total. The Balaban J connectivity index is 2.14. The standard InChI is InChI=1S/C17H14ClN3O/c1-21(11-5-3-2-4-6-11)17(22)16-15-12(9-10-20-16)14(19)8-7-13(15)18/h2-10H,19H2,1H3. The van der Waals surface area contributed by atoms with Gasteiger partial charge in [0.25, 0.3) is 5.91 Å². The van der Waals surface area contributed by atoms with Gasteiger partial charge in [0.05, 0.1) is 5.02 Å². The van der Waals surface area contributed by atoms with Gasteiger partial charge in [0, 0.05) is 35.4 Å². The topological polar surface area (TPSA) is 59.2 Å². The number of halogens is 1. The van der Waals surface area contributed by atoms with Gasteiger partial charge in [0.1, 0.15) is 5.69 Å². The first-order valence-electron chi connectivity index (χ1n) is 6.75. The zero-order chi connectivity index (χ0) is 15.7. The van der Waals surface area contributed by atoms with E-state index in [1.165, 1.54) is 0 Å². The number of hydrogen-bond acceptors (Lipinski definition) is 3. The van der Waals surface area contributed by atoms with E-state index < -0.39 is 0 Å². The van der Waals surface area contributed by atoms with E-state index in [-0.39, 0.29) is 5.91 Å². The van der Waals surface area contributed by atoms with Gasteiger partial charge in [0.15, 0.2) is 0 Å². The molecule has 0 radical (unpaired) electrons. The molecule has 0 unspecified atom stereocenters. The van der Waals surface area contributed by atoms with Crippen LogP contribution in [0.2, 0.25) is 5.02 Å². The molecule has 3 aromatic rings. The summed E-state index contributed by atoms with van der Waals surface area (Å²) in [5.74, 6) is -0.232. The Bertz CT molecular complexity index is 849. The van der Waals surface area contributed by atoms with Crippen molar-refractivity contribution in [3.8, 4) is 0 Å². The van der Waals surface area contributed by atoms with E-state index in [0.29, 0.717) is 21.8 Å². The molecule has 0 aliphatic heterocycles. The zero-order valence-electron chi connectivity index (χ0n) is 12.0. The van der Waals surface area contributed by atoms with E-state index in [0.717, 1.165) is 11.1 Å². The van der Waals surface area contributed by atoms with Crippen molar-refractivity contribution in [2.24, 2.45) is 0 Å². The lowest BCUT2D eigenvalue weighted by molar-refractivity contribution is 0.0990. The molecule has 0 saturated carbocycles. The molecule has 22 heavy (non-hydrogen) atoms. The number of anilines is 2. The summed E-state index contributed by atoms with van der Waals surface area (Å²) in [5.41, 5.74) is 7.61. The van der Waals surface area contributed by atoms with Crippen LogP contribution in [0.15, 0.2) is 54.7 Å². The minimum Gasteiger partial charge on any atom is -0.398 e. The van der Waals surface area contributed by atoms with Gasteiger partial charge >= 0.3 is 0 Å². The second kappa shape index (κ2) is 5.66. The molecule has 1 amide bonds. The van der Waals surface area contributed by atoms with Gasteiger partial charge in [-0.25, -0.2) is 0 Å². The lowest BCUT2D eigenvalue weighted by atomic mass is 10.1. The minimum absolute atomic E-state index is 0.232. The summed E-state index contributed by atoms with van der Waals surface area (Å²) < 4.78 is 0. The smallest absolute Gasteiger partial charge is 0.277 e. The summed E-state index contributed by atoms with van der Waals surface area (Å²) in [7, 11) is 1.71. The Morgan fingerprint density at radius 3 is 2.59 bits per heavy atom. The molecular weight excluding hydrogens is 298 g/mol. The summed E-state index contributed by atoms with van der Waals surface area (Å²) >= 11 is 6.26. The molecule has 110 valence electrons. The molecule has 1 aromatic heterocycles. The van der Waals surface area contributed by atoms with E-state index in [9.17, 15) is 4.79 Å². The van der Waals surface area contributed by atoms with Crippen molar-refractivity contribution in [1.82, 2.24) is 4.98 Å². The van der Waals surface area contributed by atoms with Crippen molar-refractivity contribution < 1.29 is 4.79 Å². The number of amides is 1. The number of para-hydroxylation sites is 1. The maximum Gasteiger partial charge on any atom is 0.277 e. The fourth-order valence-electron chi connectivity index (χ4n) is 2.37. The molecule has 0 aliphatic rings. The van der Waals surface area contributed by atoms with Crippen molar-refractivity contribution >= 4 is 39.7 Å². The van der Waals surface area contributed by atoms with Gasteiger partial charge in [-0.3, -0.25) is 9.78 Å². The lowest BCUT2D eigenvalue weighted by Gasteiger charge is -2.18. The van der Waals surface area contributed by atoms with E-state index >= 15 is 0 Å². The summed E-state index contributed by atoms with van der Waals surface area (Å²) in [5, 5.41) is 1.77. The Hall–Kier alpha value is -2.59. The number of pyridine rings is 1. The van der Waals surface area contributed by atoms with Gasteiger partial charge in [-0.2, -0.15) is 0 Å². The largest absolute Gasteiger partial charge is 0.398 e. The van der Waals surface area contributed by atoms with Crippen LogP contribution in [0, 0.1) is 0 Å². The molecule has 2 N–H and O–H groups in total. The molecular formula is C17H14ClN3O. The van der Waals surface area contributed by atoms with Crippen LogP contribution in [0.25, 0.3) is 10.8 Å². The van der Waals surface area contributed by atoms with Gasteiger partial charge < -0.3 is 10.6 Å². The van der Waals surface area contributed by atoms with Gasteiger partial charge in [-0.15, -0.1) is 0 Å². The summed E-state index contributed by atoms with van der Waals surface area (Å²) in [6.07, 6.45) is 1.57. The Kier molecular flexibility index (Phi) is 3.69. The average molecular weight is 312 g/mol. The predicted octanol–water partition coefficient (Wildman–Crippen LogP) is 3.75. The molecule has 0 fully saturated rings. The van der Waals surface area contributed by atoms with Crippen LogP contribution in [-0.2, 0) is 0 Å². The first-order valence-corrected chi connectivity index (χ1v) is 7.13. The van der Waals surface area contributed by atoms with Crippen molar-refractivity contribution in [3.63, 3.8) is 0 Å². The number of hydrogen-bond donors (Lipinski definition) is 1. The molecule has 0 bridgehead atoms. The molecule has 3 rings (SSSR count). The fraction of sp³-hybridized carbons (Fsp3) is 0.0588. The highest BCUT2D eigenvalue weighted by Gasteiger charge is 2.19. The zero-order valence-corrected chi connectivity index (χ0v) is 12.7. The highest BCUT2D eigenvalue weighted by Crippen LogP contribution is 2.31. The molecule has 2 aromatic carbocycles. The number of nitrogens with two attached hydrogens (primary N) is 1. The predicted molar refractivity (Wildman–Crippen MR) is 90.3 cm³/mol. The Labute approximate surface area is 133 Å². The Morgan fingerprint density at radius 1 is 1.14 bits per heavy atom. The summed E-state index contributed by atoms with van der Waals surface area (Å²) in [4.78, 5) is 18.6. The highest BCUT2D eigenvalue weighted by atomic mass is 35.5. The van der Waals surface area contributed by atoms with Crippen LogP contribution in [-0.4, -0.2) is 17.9 Å². The lowest BCUT2D eigenvalue weighted by Crippen LogP contribution is -2.27. The first kappa shape index (κ1) is 14.4. The normalized spacial score (nSPS) is 10.6. The van der Waals surface area contributed by atoms with E-state index in [4.69, 9.17) is 17.3 Å². The molecule has 0 atom stereocenters.